The van der Waals surface area contributed by atoms with Gasteiger partial charge in [0.15, 0.2) is 0 Å². The highest BCUT2D eigenvalue weighted by molar-refractivity contribution is 5.78. The highest BCUT2D eigenvalue weighted by Crippen LogP contribution is 2.22. The van der Waals surface area contributed by atoms with E-state index in [1.807, 2.05) is 20.8 Å². The zero-order valence-electron chi connectivity index (χ0n) is 12.9. The number of carboxylic acid groups (broad SMARTS) is 1. The van der Waals surface area contributed by atoms with Crippen molar-refractivity contribution in [1.82, 2.24) is 15.5 Å². The van der Waals surface area contributed by atoms with Crippen molar-refractivity contribution in [3.8, 4) is 0 Å². The van der Waals surface area contributed by atoms with Crippen molar-refractivity contribution in [2.75, 3.05) is 13.1 Å². The summed E-state index contributed by atoms with van der Waals surface area (Å²) in [6.45, 7) is 6.32. The first-order chi connectivity index (χ1) is 9.81. The van der Waals surface area contributed by atoms with E-state index in [2.05, 4.69) is 10.6 Å². The second-order valence-electron chi connectivity index (χ2n) is 5.81. The maximum atomic E-state index is 12.0. The smallest absolute Gasteiger partial charge is 0.317 e. The lowest BCUT2D eigenvalue weighted by atomic mass is 9.92. The largest absolute Gasteiger partial charge is 0.481 e. The molecule has 3 amide bonds. The van der Waals surface area contributed by atoms with E-state index in [4.69, 9.17) is 5.11 Å². The van der Waals surface area contributed by atoms with Crippen molar-refractivity contribution in [1.29, 1.82) is 0 Å². The summed E-state index contributed by atoms with van der Waals surface area (Å²) in [4.78, 5) is 36.1. The van der Waals surface area contributed by atoms with Crippen LogP contribution in [0.1, 0.15) is 40.0 Å². The molecule has 21 heavy (non-hydrogen) atoms. The minimum absolute atomic E-state index is 0.0864. The number of nitrogens with zero attached hydrogens (tertiary/aromatic N) is 1. The van der Waals surface area contributed by atoms with Crippen molar-refractivity contribution < 1.29 is 19.5 Å². The lowest BCUT2D eigenvalue weighted by Crippen LogP contribution is -2.50. The summed E-state index contributed by atoms with van der Waals surface area (Å²) in [5.74, 6) is -1.27. The molecular weight excluding hydrogens is 274 g/mol. The van der Waals surface area contributed by atoms with Crippen molar-refractivity contribution >= 4 is 17.9 Å². The molecule has 0 spiro atoms. The van der Waals surface area contributed by atoms with Gasteiger partial charge in [-0.15, -0.1) is 0 Å². The van der Waals surface area contributed by atoms with Gasteiger partial charge in [0.05, 0.1) is 5.92 Å². The number of nitrogens with one attached hydrogen (secondary N) is 2. The summed E-state index contributed by atoms with van der Waals surface area (Å²) >= 11 is 0. The molecule has 1 heterocycles. The monoisotopic (exact) mass is 299 g/mol. The summed E-state index contributed by atoms with van der Waals surface area (Å²) in [7, 11) is 0. The van der Waals surface area contributed by atoms with Gasteiger partial charge in [-0.05, 0) is 33.6 Å². The molecule has 0 bridgehead atoms. The molecule has 2 unspecified atom stereocenters. The molecule has 0 aromatic rings. The standard InChI is InChI=1S/C14H25N3O4/c1-9(2)16-12(18)4-6-15-14(21)17-7-5-11(13(19)20)8-10(17)3/h9-11H,4-8H2,1-3H3,(H,15,21)(H,16,18)(H,19,20). The van der Waals surface area contributed by atoms with Gasteiger partial charge >= 0.3 is 12.0 Å². The number of carbonyl (C=O) groups excluding carboxylic acids is 2. The minimum Gasteiger partial charge on any atom is -0.481 e. The maximum absolute atomic E-state index is 12.0. The zero-order valence-corrected chi connectivity index (χ0v) is 12.9. The second kappa shape index (κ2) is 7.85. The van der Waals surface area contributed by atoms with E-state index in [9.17, 15) is 14.4 Å². The second-order valence-corrected chi connectivity index (χ2v) is 5.81. The Kier molecular flexibility index (Phi) is 6.45. The fourth-order valence-corrected chi connectivity index (χ4v) is 2.48. The molecule has 7 heteroatoms. The number of urea groups is 1. The Morgan fingerprint density at radius 3 is 2.52 bits per heavy atom. The summed E-state index contributed by atoms with van der Waals surface area (Å²) in [6, 6.07) is -0.253. The molecule has 0 radical (unpaired) electrons. The number of aliphatic carboxylic acids is 1. The third-order valence-corrected chi connectivity index (χ3v) is 3.56. The van der Waals surface area contributed by atoms with Crippen molar-refractivity contribution in [2.24, 2.45) is 5.92 Å². The van der Waals surface area contributed by atoms with E-state index in [1.54, 1.807) is 4.90 Å². The Hall–Kier alpha value is -1.79. The SMILES string of the molecule is CC(C)NC(=O)CCNC(=O)N1CCC(C(=O)O)CC1C. The summed E-state index contributed by atoms with van der Waals surface area (Å²) in [6.07, 6.45) is 1.18. The van der Waals surface area contributed by atoms with Crippen LogP contribution < -0.4 is 10.6 Å². The molecule has 0 aliphatic carbocycles. The summed E-state index contributed by atoms with van der Waals surface area (Å²) < 4.78 is 0. The van der Waals surface area contributed by atoms with Gasteiger partial charge in [0, 0.05) is 31.6 Å². The Morgan fingerprint density at radius 2 is 2.00 bits per heavy atom. The lowest BCUT2D eigenvalue weighted by molar-refractivity contribution is -0.143. The first kappa shape index (κ1) is 17.3. The molecule has 1 aliphatic rings. The van der Waals surface area contributed by atoms with E-state index in [1.165, 1.54) is 0 Å². The average Bonchev–Trinajstić information content (AvgIpc) is 2.37. The maximum Gasteiger partial charge on any atom is 0.317 e. The third kappa shape index (κ3) is 5.61. The molecule has 120 valence electrons. The molecule has 0 aromatic heterocycles. The normalized spacial score (nSPS) is 22.0. The molecular formula is C14H25N3O4. The van der Waals surface area contributed by atoms with Gasteiger partial charge in [0.2, 0.25) is 5.91 Å². The van der Waals surface area contributed by atoms with Crippen LogP contribution in [0.15, 0.2) is 0 Å². The van der Waals surface area contributed by atoms with Crippen LogP contribution in [-0.4, -0.2) is 53.1 Å². The summed E-state index contributed by atoms with van der Waals surface area (Å²) in [5.41, 5.74) is 0. The van der Waals surface area contributed by atoms with Crippen LogP contribution in [0.5, 0.6) is 0 Å². The molecule has 2 atom stereocenters. The van der Waals surface area contributed by atoms with E-state index < -0.39 is 5.97 Å². The van der Waals surface area contributed by atoms with Crippen LogP contribution >= 0.6 is 0 Å². The Bertz CT molecular complexity index is 398. The van der Waals surface area contributed by atoms with E-state index >= 15 is 0 Å². The molecule has 7 nitrogen and oxygen atoms in total. The quantitative estimate of drug-likeness (QED) is 0.699. The van der Waals surface area contributed by atoms with E-state index in [-0.39, 0.29) is 42.9 Å². The molecule has 1 rings (SSSR count). The number of carboxylic acids is 1. The molecule has 0 saturated carbocycles. The molecule has 0 aromatic carbocycles. The molecule has 1 aliphatic heterocycles. The number of hydrogen-bond acceptors (Lipinski definition) is 3. The fourth-order valence-electron chi connectivity index (χ4n) is 2.48. The van der Waals surface area contributed by atoms with Crippen LogP contribution in [-0.2, 0) is 9.59 Å². The van der Waals surface area contributed by atoms with Gasteiger partial charge < -0.3 is 20.6 Å². The number of piperidine rings is 1. The number of amides is 3. The van der Waals surface area contributed by atoms with Gasteiger partial charge in [-0.1, -0.05) is 0 Å². The van der Waals surface area contributed by atoms with Gasteiger partial charge in [-0.2, -0.15) is 0 Å². The first-order valence-electron chi connectivity index (χ1n) is 7.38. The zero-order chi connectivity index (χ0) is 16.0. The van der Waals surface area contributed by atoms with Crippen LogP contribution in [0, 0.1) is 5.92 Å². The Balaban J connectivity index is 2.33. The van der Waals surface area contributed by atoms with Crippen molar-refractivity contribution in [3.63, 3.8) is 0 Å². The van der Waals surface area contributed by atoms with Crippen molar-refractivity contribution in [2.45, 2.75) is 52.1 Å². The predicted octanol–water partition coefficient (Wildman–Crippen LogP) is 0.796. The van der Waals surface area contributed by atoms with Crippen LogP contribution in [0.25, 0.3) is 0 Å². The summed E-state index contributed by atoms with van der Waals surface area (Å²) in [5, 5.41) is 14.5. The number of rotatable bonds is 5. The Morgan fingerprint density at radius 1 is 1.33 bits per heavy atom. The van der Waals surface area contributed by atoms with Crippen LogP contribution in [0.2, 0.25) is 0 Å². The van der Waals surface area contributed by atoms with E-state index in [0.717, 1.165) is 0 Å². The lowest BCUT2D eigenvalue weighted by Gasteiger charge is -2.36. The first-order valence-corrected chi connectivity index (χ1v) is 7.38. The average molecular weight is 299 g/mol. The number of carbonyl (C=O) groups is 3. The molecule has 1 fully saturated rings. The number of likely N-dealkylation sites (tertiary alicyclic amines) is 1. The molecule has 1 saturated heterocycles. The van der Waals surface area contributed by atoms with Gasteiger partial charge in [-0.3, -0.25) is 9.59 Å². The highest BCUT2D eigenvalue weighted by atomic mass is 16.4. The van der Waals surface area contributed by atoms with Crippen molar-refractivity contribution in [3.05, 3.63) is 0 Å². The topological polar surface area (TPSA) is 98.7 Å². The molecule has 3 N–H and O–H groups in total. The van der Waals surface area contributed by atoms with Gasteiger partial charge in [0.25, 0.3) is 0 Å². The highest BCUT2D eigenvalue weighted by Gasteiger charge is 2.32. The predicted molar refractivity (Wildman–Crippen MR) is 77.8 cm³/mol. The van der Waals surface area contributed by atoms with E-state index in [0.29, 0.717) is 19.4 Å². The van der Waals surface area contributed by atoms with Gasteiger partial charge in [-0.25, -0.2) is 4.79 Å². The minimum atomic E-state index is -0.799. The number of hydrogen-bond donors (Lipinski definition) is 3. The van der Waals surface area contributed by atoms with Crippen LogP contribution in [0.3, 0.4) is 0 Å². The fraction of sp³-hybridized carbons (Fsp3) is 0.786. The van der Waals surface area contributed by atoms with Gasteiger partial charge in [0.1, 0.15) is 0 Å². The Labute approximate surface area is 125 Å². The van der Waals surface area contributed by atoms with Crippen LogP contribution in [0.4, 0.5) is 4.79 Å². The third-order valence-electron chi connectivity index (χ3n) is 3.56.